The van der Waals surface area contributed by atoms with Crippen LogP contribution >= 0.6 is 11.8 Å². The zero-order valence-corrected chi connectivity index (χ0v) is 17.4. The second-order valence-corrected chi connectivity index (χ2v) is 8.23. The molecule has 1 N–H and O–H groups in total. The summed E-state index contributed by atoms with van der Waals surface area (Å²) in [6, 6.07) is 20.8. The van der Waals surface area contributed by atoms with Crippen LogP contribution in [0.5, 0.6) is 0 Å². The predicted molar refractivity (Wildman–Crippen MR) is 122 cm³/mol. The lowest BCUT2D eigenvalue weighted by atomic mass is 10.1. The maximum absolute atomic E-state index is 4.52. The van der Waals surface area contributed by atoms with E-state index in [0.29, 0.717) is 0 Å². The molecule has 0 unspecified atom stereocenters. The molecular weight excluding hydrogens is 390 g/mol. The molecule has 30 heavy (non-hydrogen) atoms. The highest BCUT2D eigenvalue weighted by Crippen LogP contribution is 2.29. The lowest BCUT2D eigenvalue weighted by molar-refractivity contribution is 0.884. The number of aromatic amines is 1. The van der Waals surface area contributed by atoms with Crippen molar-refractivity contribution in [3.63, 3.8) is 0 Å². The van der Waals surface area contributed by atoms with Gasteiger partial charge in [0.15, 0.2) is 11.0 Å². The molecule has 0 fully saturated rings. The maximum Gasteiger partial charge on any atom is 0.196 e. The van der Waals surface area contributed by atoms with Crippen LogP contribution in [0.25, 0.3) is 28.0 Å². The molecule has 0 aliphatic carbocycles. The highest BCUT2D eigenvalue weighted by atomic mass is 32.2. The first-order valence-corrected chi connectivity index (χ1v) is 10.9. The number of aromatic nitrogens is 5. The summed E-state index contributed by atoms with van der Waals surface area (Å²) in [6.45, 7) is 2.09. The first kappa shape index (κ1) is 18.6. The molecule has 5 aromatic rings. The van der Waals surface area contributed by atoms with Gasteiger partial charge < -0.3 is 4.98 Å². The maximum atomic E-state index is 4.52. The molecule has 0 radical (unpaired) electrons. The Labute approximate surface area is 179 Å². The average Bonchev–Trinajstić information content (AvgIpc) is 3.40. The number of aryl methyl sites for hydroxylation is 2. The van der Waals surface area contributed by atoms with Crippen LogP contribution in [0.3, 0.4) is 0 Å². The van der Waals surface area contributed by atoms with E-state index in [4.69, 9.17) is 0 Å². The largest absolute Gasteiger partial charge is 0.361 e. The van der Waals surface area contributed by atoms with Gasteiger partial charge in [0.1, 0.15) is 0 Å². The van der Waals surface area contributed by atoms with Gasteiger partial charge in [-0.3, -0.25) is 9.55 Å². The van der Waals surface area contributed by atoms with Crippen LogP contribution < -0.4 is 0 Å². The number of thioether (sulfide) groups is 1. The molecule has 0 saturated heterocycles. The monoisotopic (exact) mass is 411 g/mol. The van der Waals surface area contributed by atoms with Gasteiger partial charge in [-0.2, -0.15) is 0 Å². The highest BCUT2D eigenvalue weighted by molar-refractivity contribution is 7.99. The van der Waals surface area contributed by atoms with E-state index in [1.165, 1.54) is 22.0 Å². The molecule has 6 heteroatoms. The van der Waals surface area contributed by atoms with Crippen LogP contribution in [0, 0.1) is 6.92 Å². The molecule has 0 spiro atoms. The minimum Gasteiger partial charge on any atom is -0.361 e. The van der Waals surface area contributed by atoms with Gasteiger partial charge in [-0.05, 0) is 49.2 Å². The second kappa shape index (κ2) is 8.16. The molecule has 0 bridgehead atoms. The normalized spacial score (nSPS) is 11.2. The molecule has 3 heterocycles. The third kappa shape index (κ3) is 3.62. The number of benzene rings is 2. The smallest absolute Gasteiger partial charge is 0.196 e. The van der Waals surface area contributed by atoms with E-state index in [0.717, 1.165) is 34.4 Å². The summed E-state index contributed by atoms with van der Waals surface area (Å²) in [4.78, 5) is 7.49. The number of hydrogen-bond acceptors (Lipinski definition) is 4. The van der Waals surface area contributed by atoms with Crippen molar-refractivity contribution >= 4 is 22.7 Å². The van der Waals surface area contributed by atoms with E-state index in [2.05, 4.69) is 86.4 Å². The van der Waals surface area contributed by atoms with E-state index in [-0.39, 0.29) is 0 Å². The Morgan fingerprint density at radius 3 is 2.57 bits per heavy atom. The van der Waals surface area contributed by atoms with Gasteiger partial charge in [0, 0.05) is 46.5 Å². The Morgan fingerprint density at radius 2 is 1.73 bits per heavy atom. The van der Waals surface area contributed by atoms with E-state index in [1.54, 1.807) is 24.2 Å². The van der Waals surface area contributed by atoms with Crippen LogP contribution in [0.4, 0.5) is 0 Å². The number of hydrogen-bond donors (Lipinski definition) is 1. The number of para-hydroxylation sites is 1. The van der Waals surface area contributed by atoms with Crippen molar-refractivity contribution in [1.29, 1.82) is 0 Å². The number of fused-ring (bicyclic) bond motifs is 1. The Bertz CT molecular complexity index is 1270. The molecule has 0 aliphatic rings. The van der Waals surface area contributed by atoms with Crippen molar-refractivity contribution in [2.75, 3.05) is 5.75 Å². The van der Waals surface area contributed by atoms with Crippen molar-refractivity contribution in [3.05, 3.63) is 90.4 Å². The summed E-state index contributed by atoms with van der Waals surface area (Å²) in [6.07, 6.45) is 6.64. The minimum absolute atomic E-state index is 0.829. The second-order valence-electron chi connectivity index (χ2n) is 7.17. The molecular formula is C24H21N5S. The first-order chi connectivity index (χ1) is 14.8. The van der Waals surface area contributed by atoms with Crippen LogP contribution in [0.1, 0.15) is 11.1 Å². The summed E-state index contributed by atoms with van der Waals surface area (Å²) in [5, 5.41) is 11.2. The van der Waals surface area contributed by atoms with E-state index >= 15 is 0 Å². The molecule has 2 aromatic carbocycles. The minimum atomic E-state index is 0.829. The Morgan fingerprint density at radius 1 is 0.933 bits per heavy atom. The zero-order valence-electron chi connectivity index (χ0n) is 16.6. The number of H-pyrrole nitrogens is 1. The number of nitrogens with one attached hydrogen (secondary N) is 1. The Kier molecular flexibility index (Phi) is 5.07. The third-order valence-electron chi connectivity index (χ3n) is 5.14. The fourth-order valence-electron chi connectivity index (χ4n) is 3.57. The number of pyridine rings is 1. The van der Waals surface area contributed by atoms with Gasteiger partial charge in [0.25, 0.3) is 0 Å². The number of nitrogens with zero attached hydrogens (tertiary/aromatic N) is 4. The van der Waals surface area contributed by atoms with Crippen LogP contribution in [-0.4, -0.2) is 30.5 Å². The Hall–Kier alpha value is -3.38. The van der Waals surface area contributed by atoms with E-state index < -0.39 is 0 Å². The summed E-state index contributed by atoms with van der Waals surface area (Å²) in [5.41, 5.74) is 5.80. The van der Waals surface area contributed by atoms with Gasteiger partial charge in [-0.1, -0.05) is 47.7 Å². The van der Waals surface area contributed by atoms with Crippen molar-refractivity contribution in [3.8, 4) is 17.1 Å². The van der Waals surface area contributed by atoms with Crippen LogP contribution in [-0.2, 0) is 6.42 Å². The van der Waals surface area contributed by atoms with Gasteiger partial charge in [-0.15, -0.1) is 10.2 Å². The van der Waals surface area contributed by atoms with Gasteiger partial charge in [0.2, 0.25) is 0 Å². The summed E-state index contributed by atoms with van der Waals surface area (Å²) >= 11 is 1.73. The first-order valence-electron chi connectivity index (χ1n) is 9.90. The molecule has 0 amide bonds. The molecule has 5 nitrogen and oxygen atoms in total. The summed E-state index contributed by atoms with van der Waals surface area (Å²) < 4.78 is 2.13. The van der Waals surface area contributed by atoms with Gasteiger partial charge in [0.05, 0.1) is 0 Å². The molecule has 5 rings (SSSR count). The zero-order chi connectivity index (χ0) is 20.3. The van der Waals surface area contributed by atoms with Crippen LogP contribution in [0.15, 0.2) is 84.4 Å². The predicted octanol–water partition coefficient (Wildman–Crippen LogP) is 5.45. The third-order valence-corrected chi connectivity index (χ3v) is 6.07. The lowest BCUT2D eigenvalue weighted by Gasteiger charge is -2.10. The molecule has 0 aliphatic heterocycles. The van der Waals surface area contributed by atoms with Gasteiger partial charge in [-0.25, -0.2) is 0 Å². The topological polar surface area (TPSA) is 59.4 Å². The molecule has 0 atom stereocenters. The highest BCUT2D eigenvalue weighted by Gasteiger charge is 2.16. The lowest BCUT2D eigenvalue weighted by Crippen LogP contribution is -2.00. The van der Waals surface area contributed by atoms with E-state index in [1.807, 2.05) is 12.1 Å². The molecule has 148 valence electrons. The van der Waals surface area contributed by atoms with Crippen molar-refractivity contribution in [1.82, 2.24) is 24.7 Å². The van der Waals surface area contributed by atoms with Crippen molar-refractivity contribution in [2.45, 2.75) is 18.5 Å². The summed E-state index contributed by atoms with van der Waals surface area (Å²) in [7, 11) is 0. The fourth-order valence-corrected chi connectivity index (χ4v) is 4.49. The summed E-state index contributed by atoms with van der Waals surface area (Å²) in [5.74, 6) is 1.75. The van der Waals surface area contributed by atoms with Crippen LogP contribution in [0.2, 0.25) is 0 Å². The standard InChI is InChI=1S/C24H21N5S/c1-17-6-8-20(9-7-17)29-23(18-10-13-25-14-11-18)27-28-24(29)30-15-12-19-16-26-22-5-3-2-4-21(19)22/h2-11,13-14,16,26H,12,15H2,1H3. The fraction of sp³-hybridized carbons (Fsp3) is 0.125. The van der Waals surface area contributed by atoms with E-state index in [9.17, 15) is 0 Å². The SMILES string of the molecule is Cc1ccc(-n2c(SCCc3c[nH]c4ccccc34)nnc2-c2ccncc2)cc1. The average molecular weight is 412 g/mol. The van der Waals surface area contributed by atoms with Gasteiger partial charge >= 0.3 is 0 Å². The van der Waals surface area contributed by atoms with Crippen molar-refractivity contribution in [2.24, 2.45) is 0 Å². The molecule has 0 saturated carbocycles. The van der Waals surface area contributed by atoms with Crippen molar-refractivity contribution < 1.29 is 0 Å². The number of rotatable bonds is 6. The molecule has 3 aromatic heterocycles. The quantitative estimate of drug-likeness (QED) is 0.377. The Balaban J connectivity index is 1.44.